The summed E-state index contributed by atoms with van der Waals surface area (Å²) in [5.41, 5.74) is 1.49. The minimum atomic E-state index is -4.10. The lowest BCUT2D eigenvalue weighted by Gasteiger charge is -2.46. The van der Waals surface area contributed by atoms with Crippen molar-refractivity contribution in [2.75, 3.05) is 13.1 Å². The number of benzene rings is 2. The van der Waals surface area contributed by atoms with E-state index in [4.69, 9.17) is 4.74 Å². The Morgan fingerprint density at radius 2 is 1.83 bits per heavy atom. The number of hydrogen-bond acceptors (Lipinski definition) is 5. The lowest BCUT2D eigenvalue weighted by molar-refractivity contribution is -0.112. The molecule has 2 aliphatic rings. The van der Waals surface area contributed by atoms with Crippen LogP contribution in [0.25, 0.3) is 11.4 Å². The summed E-state index contributed by atoms with van der Waals surface area (Å²) in [6.07, 6.45) is 1.67. The van der Waals surface area contributed by atoms with Gasteiger partial charge >= 0.3 is 0 Å². The fourth-order valence-electron chi connectivity index (χ4n) is 3.70. The van der Waals surface area contributed by atoms with Crippen LogP contribution in [-0.4, -0.2) is 35.8 Å². The van der Waals surface area contributed by atoms with E-state index in [1.807, 2.05) is 30.3 Å². The summed E-state index contributed by atoms with van der Waals surface area (Å²) in [5.74, 6) is -1.38. The molecule has 0 radical (unpaired) electrons. The van der Waals surface area contributed by atoms with Gasteiger partial charge in [0.2, 0.25) is 10.0 Å². The number of fused-ring (bicyclic) bond motifs is 2. The molecule has 5 rings (SSSR count). The van der Waals surface area contributed by atoms with E-state index in [-0.39, 0.29) is 19.7 Å². The maximum atomic E-state index is 14.0. The first-order valence-corrected chi connectivity index (χ1v) is 10.3. The third kappa shape index (κ3) is 2.85. The van der Waals surface area contributed by atoms with E-state index >= 15 is 0 Å². The second kappa shape index (κ2) is 6.38. The first-order chi connectivity index (χ1) is 13.9. The monoisotopic (exact) mass is 415 g/mol. The van der Waals surface area contributed by atoms with Gasteiger partial charge in [0, 0.05) is 36.5 Å². The normalized spacial score (nSPS) is 17.9. The zero-order chi connectivity index (χ0) is 20.2. The zero-order valence-corrected chi connectivity index (χ0v) is 15.9. The summed E-state index contributed by atoms with van der Waals surface area (Å²) in [6, 6.07) is 11.9. The summed E-state index contributed by atoms with van der Waals surface area (Å²) < 4.78 is 59.5. The van der Waals surface area contributed by atoms with Gasteiger partial charge in [0.1, 0.15) is 22.1 Å². The highest BCUT2D eigenvalue weighted by Gasteiger charge is 2.55. The molecule has 0 atom stereocenters. The summed E-state index contributed by atoms with van der Waals surface area (Å²) in [5, 5.41) is 0. The second-order valence-electron chi connectivity index (χ2n) is 7.05. The van der Waals surface area contributed by atoms with Gasteiger partial charge in [-0.3, -0.25) is 0 Å². The lowest BCUT2D eigenvalue weighted by Crippen LogP contribution is -2.61. The average molecular weight is 415 g/mol. The van der Waals surface area contributed by atoms with Crippen molar-refractivity contribution in [2.45, 2.75) is 17.1 Å². The summed E-state index contributed by atoms with van der Waals surface area (Å²) in [7, 11) is -4.10. The van der Waals surface area contributed by atoms with Crippen molar-refractivity contribution in [3.8, 4) is 11.4 Å². The molecule has 2 aliphatic heterocycles. The van der Waals surface area contributed by atoms with E-state index in [0.29, 0.717) is 17.6 Å². The Balaban J connectivity index is 1.41. The molecular formula is C20H15F2N3O3S. The SMILES string of the molecule is O=S(=O)(c1ccc(F)cc1F)N1CC2(C1)OCc1nc(-c3ccccc3)ncc12. The molecule has 0 bridgehead atoms. The molecule has 2 aromatic carbocycles. The molecular weight excluding hydrogens is 400 g/mol. The summed E-state index contributed by atoms with van der Waals surface area (Å²) >= 11 is 0. The number of hydrogen-bond donors (Lipinski definition) is 0. The molecule has 29 heavy (non-hydrogen) atoms. The molecule has 0 N–H and O–H groups in total. The molecule has 6 nitrogen and oxygen atoms in total. The number of aromatic nitrogens is 2. The summed E-state index contributed by atoms with van der Waals surface area (Å²) in [6.45, 7) is 0.289. The second-order valence-corrected chi connectivity index (χ2v) is 8.96. The molecule has 0 saturated carbocycles. The zero-order valence-electron chi connectivity index (χ0n) is 15.0. The fourth-order valence-corrected chi connectivity index (χ4v) is 5.28. The van der Waals surface area contributed by atoms with Crippen molar-refractivity contribution >= 4 is 10.0 Å². The molecule has 1 spiro atoms. The Morgan fingerprint density at radius 1 is 1.07 bits per heavy atom. The lowest BCUT2D eigenvalue weighted by atomic mass is 9.90. The van der Waals surface area contributed by atoms with Gasteiger partial charge < -0.3 is 4.74 Å². The van der Waals surface area contributed by atoms with E-state index in [9.17, 15) is 17.2 Å². The van der Waals surface area contributed by atoms with Crippen LogP contribution in [0, 0.1) is 11.6 Å². The van der Waals surface area contributed by atoms with Crippen LogP contribution in [0.5, 0.6) is 0 Å². The maximum Gasteiger partial charge on any atom is 0.246 e. The molecule has 3 aromatic rings. The Labute approximate surface area is 165 Å². The highest BCUT2D eigenvalue weighted by atomic mass is 32.2. The van der Waals surface area contributed by atoms with Gasteiger partial charge in [-0.1, -0.05) is 30.3 Å². The van der Waals surface area contributed by atoms with E-state index in [0.717, 1.165) is 27.6 Å². The van der Waals surface area contributed by atoms with Gasteiger partial charge in [-0.15, -0.1) is 0 Å². The Kier molecular flexibility index (Phi) is 4.02. The molecule has 0 aliphatic carbocycles. The van der Waals surface area contributed by atoms with Crippen LogP contribution in [0.15, 0.2) is 59.6 Å². The van der Waals surface area contributed by atoms with E-state index < -0.39 is 32.2 Å². The van der Waals surface area contributed by atoms with Crippen LogP contribution in [0.4, 0.5) is 8.78 Å². The Morgan fingerprint density at radius 3 is 2.55 bits per heavy atom. The summed E-state index contributed by atoms with van der Waals surface area (Å²) in [4.78, 5) is 8.42. The van der Waals surface area contributed by atoms with Crippen molar-refractivity contribution in [1.29, 1.82) is 0 Å². The highest BCUT2D eigenvalue weighted by Crippen LogP contribution is 2.45. The van der Waals surface area contributed by atoms with Crippen molar-refractivity contribution in [2.24, 2.45) is 0 Å². The van der Waals surface area contributed by atoms with Crippen LogP contribution < -0.4 is 0 Å². The average Bonchev–Trinajstić information content (AvgIpc) is 3.06. The van der Waals surface area contributed by atoms with E-state index in [1.165, 1.54) is 0 Å². The number of sulfonamides is 1. The number of rotatable bonds is 3. The number of ether oxygens (including phenoxy) is 1. The number of nitrogens with zero attached hydrogens (tertiary/aromatic N) is 3. The van der Waals surface area contributed by atoms with E-state index in [2.05, 4.69) is 9.97 Å². The molecule has 0 amide bonds. The van der Waals surface area contributed by atoms with Crippen molar-refractivity contribution < 1.29 is 21.9 Å². The minimum absolute atomic E-state index is 0.0210. The largest absolute Gasteiger partial charge is 0.361 e. The standard InChI is InChI=1S/C20H15F2N3O3S/c21-14-6-7-18(16(22)8-14)29(26,27)25-11-20(12-25)15-9-23-19(24-17(15)10-28-20)13-4-2-1-3-5-13/h1-9H,10-12H2. The predicted molar refractivity (Wildman–Crippen MR) is 99.1 cm³/mol. The molecule has 1 saturated heterocycles. The van der Waals surface area contributed by atoms with Gasteiger partial charge in [-0.2, -0.15) is 4.31 Å². The van der Waals surface area contributed by atoms with Gasteiger partial charge in [-0.25, -0.2) is 27.2 Å². The van der Waals surface area contributed by atoms with Gasteiger partial charge in [0.15, 0.2) is 5.82 Å². The van der Waals surface area contributed by atoms with Gasteiger partial charge in [0.05, 0.1) is 12.3 Å². The number of halogens is 2. The van der Waals surface area contributed by atoms with Gasteiger partial charge in [-0.05, 0) is 12.1 Å². The van der Waals surface area contributed by atoms with Crippen molar-refractivity contribution in [3.05, 3.63) is 77.6 Å². The topological polar surface area (TPSA) is 72.4 Å². The van der Waals surface area contributed by atoms with Crippen molar-refractivity contribution in [3.63, 3.8) is 0 Å². The molecule has 148 valence electrons. The van der Waals surface area contributed by atoms with Crippen LogP contribution in [0.2, 0.25) is 0 Å². The molecule has 1 fully saturated rings. The Hall–Kier alpha value is -2.75. The molecule has 1 aromatic heterocycles. The Bertz CT molecular complexity index is 1210. The van der Waals surface area contributed by atoms with Crippen LogP contribution >= 0.6 is 0 Å². The molecule has 9 heteroatoms. The quantitative estimate of drug-likeness (QED) is 0.658. The first-order valence-electron chi connectivity index (χ1n) is 8.90. The highest BCUT2D eigenvalue weighted by molar-refractivity contribution is 7.89. The third-order valence-electron chi connectivity index (χ3n) is 5.25. The predicted octanol–water partition coefficient (Wildman–Crippen LogP) is 2.85. The van der Waals surface area contributed by atoms with Crippen LogP contribution in [-0.2, 0) is 27.0 Å². The third-order valence-corrected chi connectivity index (χ3v) is 7.08. The molecule has 3 heterocycles. The van der Waals surface area contributed by atoms with Crippen molar-refractivity contribution in [1.82, 2.24) is 14.3 Å². The fraction of sp³-hybridized carbons (Fsp3) is 0.200. The van der Waals surface area contributed by atoms with Gasteiger partial charge in [0.25, 0.3) is 0 Å². The van der Waals surface area contributed by atoms with Crippen LogP contribution in [0.1, 0.15) is 11.3 Å². The van der Waals surface area contributed by atoms with E-state index in [1.54, 1.807) is 6.20 Å². The van der Waals surface area contributed by atoms with Crippen LogP contribution in [0.3, 0.4) is 0 Å². The maximum absolute atomic E-state index is 14.0. The smallest absolute Gasteiger partial charge is 0.246 e. The molecule has 0 unspecified atom stereocenters. The minimum Gasteiger partial charge on any atom is -0.361 e. The first kappa shape index (κ1) is 18.3.